The van der Waals surface area contributed by atoms with E-state index in [-0.39, 0.29) is 22.2 Å². The van der Waals surface area contributed by atoms with Gasteiger partial charge in [0.05, 0.1) is 16.6 Å². The van der Waals surface area contributed by atoms with Crippen LogP contribution in [0, 0.1) is 11.3 Å². The zero-order valence-electron chi connectivity index (χ0n) is 16.3. The summed E-state index contributed by atoms with van der Waals surface area (Å²) in [6, 6.07) is 18.6. The molecule has 0 aliphatic heterocycles. The number of carbonyl (C=O) groups is 1. The number of nitrogens with one attached hydrogen (secondary N) is 2. The Bertz CT molecular complexity index is 1440. The lowest BCUT2D eigenvalue weighted by Gasteiger charge is -2.12. The van der Waals surface area contributed by atoms with Gasteiger partial charge in [0.25, 0.3) is 10.0 Å². The average Bonchev–Trinajstić information content (AvgIpc) is 3.15. The molecule has 0 aliphatic rings. The van der Waals surface area contributed by atoms with Gasteiger partial charge in [-0.1, -0.05) is 18.2 Å². The fourth-order valence-electron chi connectivity index (χ4n) is 2.98. The van der Waals surface area contributed by atoms with Crippen molar-refractivity contribution < 1.29 is 13.2 Å². The van der Waals surface area contributed by atoms with Crippen LogP contribution in [0.25, 0.3) is 16.7 Å². The third kappa shape index (κ3) is 4.08. The first-order valence-corrected chi connectivity index (χ1v) is 10.6. The van der Waals surface area contributed by atoms with E-state index in [4.69, 9.17) is 0 Å². The second kappa shape index (κ2) is 7.89. The molecule has 0 saturated carbocycles. The van der Waals surface area contributed by atoms with E-state index in [0.717, 1.165) is 5.39 Å². The van der Waals surface area contributed by atoms with Crippen molar-refractivity contribution in [1.29, 1.82) is 5.26 Å². The fraction of sp³-hybridized carbons (Fsp3) is 0.0476. The highest BCUT2D eigenvalue weighted by molar-refractivity contribution is 7.92. The van der Waals surface area contributed by atoms with E-state index >= 15 is 0 Å². The summed E-state index contributed by atoms with van der Waals surface area (Å²) >= 11 is 0. The molecule has 154 valence electrons. The Morgan fingerprint density at radius 3 is 2.52 bits per heavy atom. The number of rotatable bonds is 5. The highest BCUT2D eigenvalue weighted by atomic mass is 32.2. The number of hydrogen-bond acceptors (Lipinski definition) is 6. The van der Waals surface area contributed by atoms with Crippen LogP contribution in [0.15, 0.2) is 71.8 Å². The highest BCUT2D eigenvalue weighted by Crippen LogP contribution is 2.24. The van der Waals surface area contributed by atoms with Crippen LogP contribution in [0.5, 0.6) is 0 Å². The van der Waals surface area contributed by atoms with Crippen molar-refractivity contribution in [3.8, 4) is 11.9 Å². The minimum atomic E-state index is -4.04. The van der Waals surface area contributed by atoms with Crippen LogP contribution in [-0.4, -0.2) is 29.1 Å². The first kappa shape index (κ1) is 20.1. The van der Waals surface area contributed by atoms with Crippen LogP contribution in [0.4, 0.5) is 11.5 Å². The number of hydrogen-bond donors (Lipinski definition) is 2. The number of carbonyl (C=O) groups excluding carboxylic acids is 1. The van der Waals surface area contributed by atoms with E-state index in [0.29, 0.717) is 17.0 Å². The summed E-state index contributed by atoms with van der Waals surface area (Å²) in [5.41, 5.74) is 1.22. The summed E-state index contributed by atoms with van der Waals surface area (Å²) in [5.74, 6) is 0.0781. The van der Waals surface area contributed by atoms with Gasteiger partial charge in [-0.15, -0.1) is 0 Å². The zero-order valence-corrected chi connectivity index (χ0v) is 17.1. The lowest BCUT2D eigenvalue weighted by atomic mass is 10.2. The second-order valence-electron chi connectivity index (χ2n) is 6.60. The molecule has 0 aliphatic carbocycles. The molecule has 4 aromatic rings. The van der Waals surface area contributed by atoms with E-state index in [9.17, 15) is 18.5 Å². The van der Waals surface area contributed by atoms with Gasteiger partial charge in [-0.25, -0.2) is 13.4 Å². The first-order chi connectivity index (χ1) is 14.9. The van der Waals surface area contributed by atoms with Gasteiger partial charge in [0.2, 0.25) is 5.91 Å². The molecule has 0 saturated heterocycles. The maximum atomic E-state index is 12.9. The summed E-state index contributed by atoms with van der Waals surface area (Å²) in [7, 11) is -4.04. The molecule has 0 atom stereocenters. The molecule has 0 radical (unpaired) electrons. The molecule has 0 unspecified atom stereocenters. The molecular formula is C21H16N6O3S. The number of para-hydroxylation sites is 1. The Morgan fingerprint density at radius 1 is 1.06 bits per heavy atom. The van der Waals surface area contributed by atoms with Gasteiger partial charge in [0.1, 0.15) is 11.6 Å². The van der Waals surface area contributed by atoms with Crippen LogP contribution < -0.4 is 10.0 Å². The first-order valence-electron chi connectivity index (χ1n) is 9.12. The van der Waals surface area contributed by atoms with Crippen molar-refractivity contribution in [2.45, 2.75) is 11.8 Å². The molecule has 10 heteroatoms. The van der Waals surface area contributed by atoms with Gasteiger partial charge in [-0.05, 0) is 42.5 Å². The van der Waals surface area contributed by atoms with Crippen LogP contribution >= 0.6 is 0 Å². The predicted octanol–water partition coefficient (Wildman–Crippen LogP) is 3.05. The van der Waals surface area contributed by atoms with Crippen LogP contribution in [0.3, 0.4) is 0 Å². The summed E-state index contributed by atoms with van der Waals surface area (Å²) in [5, 5.41) is 17.1. The number of sulfonamides is 1. The van der Waals surface area contributed by atoms with Gasteiger partial charge >= 0.3 is 0 Å². The van der Waals surface area contributed by atoms with Crippen molar-refractivity contribution in [2.75, 3.05) is 10.0 Å². The molecule has 31 heavy (non-hydrogen) atoms. The second-order valence-corrected chi connectivity index (χ2v) is 8.29. The van der Waals surface area contributed by atoms with Gasteiger partial charge < -0.3 is 5.32 Å². The molecule has 2 aromatic carbocycles. The van der Waals surface area contributed by atoms with Gasteiger partial charge in [-0.3, -0.25) is 9.52 Å². The molecule has 0 bridgehead atoms. The molecular weight excluding hydrogens is 416 g/mol. The van der Waals surface area contributed by atoms with Crippen molar-refractivity contribution in [3.05, 3.63) is 72.4 Å². The number of pyridine rings is 1. The number of nitrogens with zero attached hydrogens (tertiary/aromatic N) is 4. The molecule has 9 nitrogen and oxygen atoms in total. The quantitative estimate of drug-likeness (QED) is 0.498. The molecule has 2 N–H and O–H groups in total. The van der Waals surface area contributed by atoms with E-state index in [2.05, 4.69) is 20.1 Å². The number of benzene rings is 2. The van der Waals surface area contributed by atoms with Gasteiger partial charge in [0.15, 0.2) is 11.6 Å². The normalized spacial score (nSPS) is 11.1. The van der Waals surface area contributed by atoms with Crippen LogP contribution in [0.2, 0.25) is 0 Å². The largest absolute Gasteiger partial charge is 0.326 e. The minimum absolute atomic E-state index is 0.0174. The molecule has 1 amide bonds. The number of amides is 1. The predicted molar refractivity (Wildman–Crippen MR) is 115 cm³/mol. The van der Waals surface area contributed by atoms with E-state index in [1.54, 1.807) is 6.07 Å². The minimum Gasteiger partial charge on any atom is -0.326 e. The Kier molecular flexibility index (Phi) is 5.10. The van der Waals surface area contributed by atoms with Crippen molar-refractivity contribution >= 4 is 38.3 Å². The summed E-state index contributed by atoms with van der Waals surface area (Å²) in [6.45, 7) is 1.36. The van der Waals surface area contributed by atoms with Gasteiger partial charge in [-0.2, -0.15) is 15.0 Å². The topological polar surface area (TPSA) is 130 Å². The summed E-state index contributed by atoms with van der Waals surface area (Å²) < 4.78 is 29.6. The monoisotopic (exact) mass is 432 g/mol. The van der Waals surface area contributed by atoms with Crippen LogP contribution in [0.1, 0.15) is 12.5 Å². The van der Waals surface area contributed by atoms with Crippen molar-refractivity contribution in [1.82, 2.24) is 14.8 Å². The third-order valence-corrected chi connectivity index (χ3v) is 5.76. The number of nitriles is 1. The third-order valence-electron chi connectivity index (χ3n) is 4.41. The Morgan fingerprint density at radius 2 is 1.81 bits per heavy atom. The SMILES string of the molecule is CC(=O)Nc1ccc(S(=O)(=O)Nc2c(C#N)cnn2-c2ccc3ccccc3n2)cc1. The number of aromatic nitrogens is 3. The van der Waals surface area contributed by atoms with Gasteiger partial charge in [0, 0.05) is 18.0 Å². The molecule has 4 rings (SSSR count). The maximum absolute atomic E-state index is 12.9. The fourth-order valence-corrected chi connectivity index (χ4v) is 4.05. The average molecular weight is 432 g/mol. The summed E-state index contributed by atoms with van der Waals surface area (Å²) in [4.78, 5) is 15.6. The lowest BCUT2D eigenvalue weighted by molar-refractivity contribution is -0.114. The van der Waals surface area contributed by atoms with E-state index in [1.807, 2.05) is 36.4 Å². The number of anilines is 2. The molecule has 2 heterocycles. The van der Waals surface area contributed by atoms with Crippen LogP contribution in [-0.2, 0) is 14.8 Å². The van der Waals surface area contributed by atoms with Crippen molar-refractivity contribution in [3.63, 3.8) is 0 Å². The molecule has 2 aromatic heterocycles. The Balaban J connectivity index is 1.71. The van der Waals surface area contributed by atoms with Crippen molar-refractivity contribution in [2.24, 2.45) is 0 Å². The Hall–Kier alpha value is -4.23. The maximum Gasteiger partial charge on any atom is 0.263 e. The van der Waals surface area contributed by atoms with E-state index in [1.165, 1.54) is 42.1 Å². The standard InChI is InChI=1S/C21H16N6O3S/c1-14(28)24-17-7-9-18(10-8-17)31(29,30)26-21-16(12-22)13-23-27(21)20-11-6-15-4-2-3-5-19(15)25-20/h2-11,13,26H,1H3,(H,24,28). The summed E-state index contributed by atoms with van der Waals surface area (Å²) in [6.07, 6.45) is 1.27. The Labute approximate surface area is 178 Å². The smallest absolute Gasteiger partial charge is 0.263 e. The molecule has 0 spiro atoms. The lowest BCUT2D eigenvalue weighted by Crippen LogP contribution is -2.17. The number of fused-ring (bicyclic) bond motifs is 1. The molecule has 0 fully saturated rings. The van der Waals surface area contributed by atoms with E-state index < -0.39 is 10.0 Å². The highest BCUT2D eigenvalue weighted by Gasteiger charge is 2.21. The zero-order chi connectivity index (χ0) is 22.0.